The number of piperidine rings is 1. The number of nitrogens with zero attached hydrogens (tertiary/aromatic N) is 1. The van der Waals surface area contributed by atoms with Crippen molar-refractivity contribution in [2.75, 3.05) is 13.1 Å². The number of nitrogens with one attached hydrogen (secondary N) is 2. The van der Waals surface area contributed by atoms with Gasteiger partial charge >= 0.3 is 0 Å². The predicted molar refractivity (Wildman–Crippen MR) is 89.9 cm³/mol. The van der Waals surface area contributed by atoms with Gasteiger partial charge in [0.2, 0.25) is 0 Å². The summed E-state index contributed by atoms with van der Waals surface area (Å²) in [6.45, 7) is 11.3. The largest absolute Gasteiger partial charge is 0.316 e. The smallest absolute Gasteiger partial charge is 0.113 e. The normalized spacial score (nSPS) is 30.6. The number of aromatic nitrogens is 1. The van der Waals surface area contributed by atoms with Crippen molar-refractivity contribution in [2.45, 2.75) is 70.4 Å². The van der Waals surface area contributed by atoms with E-state index in [9.17, 15) is 0 Å². The Balaban J connectivity index is 1.95. The van der Waals surface area contributed by atoms with E-state index in [1.54, 1.807) is 0 Å². The van der Waals surface area contributed by atoms with Gasteiger partial charge in [0.25, 0.3) is 0 Å². The Bertz CT molecular complexity index is 486. The number of hydrogen-bond acceptors (Lipinski definition) is 4. The van der Waals surface area contributed by atoms with E-state index in [1.807, 2.05) is 11.3 Å². The first kappa shape index (κ1) is 15.4. The molecule has 0 radical (unpaired) electrons. The molecule has 0 amide bonds. The molecule has 1 aromatic rings. The van der Waals surface area contributed by atoms with Crippen LogP contribution in [0.5, 0.6) is 0 Å². The van der Waals surface area contributed by atoms with Gasteiger partial charge in [-0.1, -0.05) is 27.7 Å². The summed E-state index contributed by atoms with van der Waals surface area (Å²) in [6, 6.07) is 0.721. The van der Waals surface area contributed by atoms with Crippen molar-refractivity contribution in [3.05, 3.63) is 16.1 Å². The van der Waals surface area contributed by atoms with Crippen LogP contribution < -0.4 is 10.6 Å². The summed E-state index contributed by atoms with van der Waals surface area (Å²) >= 11 is 1.87. The molecular weight excluding hydrogens is 278 g/mol. The molecule has 21 heavy (non-hydrogen) atoms. The molecule has 2 unspecified atom stereocenters. The Kier molecular flexibility index (Phi) is 4.15. The molecule has 1 saturated carbocycles. The molecule has 1 aromatic heterocycles. The first-order valence-electron chi connectivity index (χ1n) is 8.40. The highest BCUT2D eigenvalue weighted by atomic mass is 32.1. The molecule has 2 fully saturated rings. The zero-order valence-corrected chi connectivity index (χ0v) is 14.6. The Morgan fingerprint density at radius 2 is 2.19 bits per heavy atom. The maximum Gasteiger partial charge on any atom is 0.113 e. The van der Waals surface area contributed by atoms with Gasteiger partial charge in [0, 0.05) is 23.4 Å². The van der Waals surface area contributed by atoms with Crippen molar-refractivity contribution >= 4 is 11.3 Å². The summed E-state index contributed by atoms with van der Waals surface area (Å²) in [5.74, 6) is 0.644. The van der Waals surface area contributed by atoms with Gasteiger partial charge in [-0.3, -0.25) is 0 Å². The van der Waals surface area contributed by atoms with Gasteiger partial charge in [-0.05, 0) is 38.1 Å². The first-order valence-corrected chi connectivity index (χ1v) is 9.28. The third-order valence-corrected chi connectivity index (χ3v) is 5.99. The van der Waals surface area contributed by atoms with E-state index < -0.39 is 0 Å². The maximum absolute atomic E-state index is 5.08. The molecule has 2 heterocycles. The van der Waals surface area contributed by atoms with Crippen LogP contribution in [-0.2, 0) is 11.0 Å². The predicted octanol–water partition coefficient (Wildman–Crippen LogP) is 3.41. The summed E-state index contributed by atoms with van der Waals surface area (Å²) in [4.78, 5) is 5.08. The standard InChI is InChI=1S/C17H29N3S/c1-5-12-10-18-9-8-17(12,20-13-6-7-13)15-19-14(11-21-15)16(2,3)4/h11-13,18,20H,5-10H2,1-4H3. The average molecular weight is 308 g/mol. The van der Waals surface area contributed by atoms with E-state index >= 15 is 0 Å². The third-order valence-electron chi connectivity index (χ3n) is 4.97. The molecule has 3 nitrogen and oxygen atoms in total. The highest BCUT2D eigenvalue weighted by Gasteiger charge is 2.46. The molecule has 2 atom stereocenters. The van der Waals surface area contributed by atoms with E-state index in [4.69, 9.17) is 4.98 Å². The minimum absolute atomic E-state index is 0.106. The van der Waals surface area contributed by atoms with Gasteiger partial charge in [0.05, 0.1) is 11.2 Å². The Morgan fingerprint density at radius 1 is 1.43 bits per heavy atom. The van der Waals surface area contributed by atoms with Crippen molar-refractivity contribution in [1.82, 2.24) is 15.6 Å². The summed E-state index contributed by atoms with van der Waals surface area (Å²) in [5.41, 5.74) is 1.49. The van der Waals surface area contributed by atoms with Crippen LogP contribution in [0.15, 0.2) is 5.38 Å². The molecule has 1 aliphatic carbocycles. The lowest BCUT2D eigenvalue weighted by Gasteiger charge is -2.44. The molecule has 4 heteroatoms. The van der Waals surface area contributed by atoms with E-state index in [0.717, 1.165) is 19.1 Å². The summed E-state index contributed by atoms with van der Waals surface area (Å²) in [5, 5.41) is 11.2. The molecule has 1 aliphatic heterocycles. The quantitative estimate of drug-likeness (QED) is 0.895. The van der Waals surface area contributed by atoms with Gasteiger partial charge < -0.3 is 10.6 Å². The molecule has 1 saturated heterocycles. The minimum atomic E-state index is 0.106. The van der Waals surface area contributed by atoms with Crippen LogP contribution >= 0.6 is 11.3 Å². The van der Waals surface area contributed by atoms with Crippen LogP contribution in [0.1, 0.15) is 64.1 Å². The molecule has 2 N–H and O–H groups in total. The molecular formula is C17H29N3S. The van der Waals surface area contributed by atoms with Crippen molar-refractivity contribution in [3.8, 4) is 0 Å². The van der Waals surface area contributed by atoms with E-state index in [0.29, 0.717) is 5.92 Å². The second-order valence-electron chi connectivity index (χ2n) is 7.74. The Hall–Kier alpha value is -0.450. The van der Waals surface area contributed by atoms with E-state index in [2.05, 4.69) is 43.7 Å². The Morgan fingerprint density at radius 3 is 2.76 bits per heavy atom. The van der Waals surface area contributed by atoms with Gasteiger partial charge in [-0.25, -0.2) is 4.98 Å². The van der Waals surface area contributed by atoms with E-state index in [1.165, 1.54) is 36.4 Å². The van der Waals surface area contributed by atoms with Gasteiger partial charge in [-0.15, -0.1) is 11.3 Å². The average Bonchev–Trinajstić information content (AvgIpc) is 3.08. The fourth-order valence-electron chi connectivity index (χ4n) is 3.38. The van der Waals surface area contributed by atoms with Crippen molar-refractivity contribution in [1.29, 1.82) is 0 Å². The second-order valence-corrected chi connectivity index (χ2v) is 8.60. The molecule has 0 aromatic carbocycles. The van der Waals surface area contributed by atoms with Gasteiger partial charge in [-0.2, -0.15) is 0 Å². The molecule has 0 bridgehead atoms. The van der Waals surface area contributed by atoms with Crippen LogP contribution in [0, 0.1) is 5.92 Å². The van der Waals surface area contributed by atoms with E-state index in [-0.39, 0.29) is 11.0 Å². The summed E-state index contributed by atoms with van der Waals surface area (Å²) in [6.07, 6.45) is 5.04. The topological polar surface area (TPSA) is 37.0 Å². The lowest BCUT2D eigenvalue weighted by atomic mass is 9.77. The zero-order chi connectivity index (χ0) is 15.1. The minimum Gasteiger partial charge on any atom is -0.316 e. The van der Waals surface area contributed by atoms with Crippen molar-refractivity contribution in [3.63, 3.8) is 0 Å². The first-order chi connectivity index (χ1) is 9.95. The summed E-state index contributed by atoms with van der Waals surface area (Å²) < 4.78 is 0. The SMILES string of the molecule is CCC1CNCCC1(NC1CC1)c1nc(C(C)(C)C)cs1. The highest BCUT2D eigenvalue weighted by Crippen LogP contribution is 2.42. The second kappa shape index (κ2) is 5.64. The van der Waals surface area contributed by atoms with Crippen molar-refractivity contribution in [2.24, 2.45) is 5.92 Å². The fourth-order valence-corrected chi connectivity index (χ4v) is 4.70. The maximum atomic E-state index is 5.08. The molecule has 3 rings (SSSR count). The van der Waals surface area contributed by atoms with Gasteiger partial charge in [0.1, 0.15) is 5.01 Å². The highest BCUT2D eigenvalue weighted by molar-refractivity contribution is 7.09. The van der Waals surface area contributed by atoms with Crippen LogP contribution in [-0.4, -0.2) is 24.1 Å². The molecule has 118 valence electrons. The monoisotopic (exact) mass is 307 g/mol. The number of rotatable bonds is 4. The molecule has 0 spiro atoms. The molecule has 2 aliphatic rings. The fraction of sp³-hybridized carbons (Fsp3) is 0.824. The van der Waals surface area contributed by atoms with Gasteiger partial charge in [0.15, 0.2) is 0 Å². The zero-order valence-electron chi connectivity index (χ0n) is 13.8. The third kappa shape index (κ3) is 3.03. The number of hydrogen-bond donors (Lipinski definition) is 2. The lowest BCUT2D eigenvalue weighted by molar-refractivity contribution is 0.146. The van der Waals surface area contributed by atoms with Crippen LogP contribution in [0.4, 0.5) is 0 Å². The van der Waals surface area contributed by atoms with Crippen LogP contribution in [0.25, 0.3) is 0 Å². The number of thiazole rings is 1. The van der Waals surface area contributed by atoms with Crippen molar-refractivity contribution < 1.29 is 0 Å². The Labute approximate surface area is 132 Å². The van der Waals surface area contributed by atoms with Crippen LogP contribution in [0.2, 0.25) is 0 Å². The lowest BCUT2D eigenvalue weighted by Crippen LogP contribution is -2.57. The van der Waals surface area contributed by atoms with Crippen LogP contribution in [0.3, 0.4) is 0 Å². The summed E-state index contributed by atoms with van der Waals surface area (Å²) in [7, 11) is 0.